The zero-order chi connectivity index (χ0) is 41.5. The van der Waals surface area contributed by atoms with E-state index in [9.17, 15) is 9.90 Å². The summed E-state index contributed by atoms with van der Waals surface area (Å²) in [6.45, 7) is 12.5. The summed E-state index contributed by atoms with van der Waals surface area (Å²) in [5.74, 6) is -0.0885. The monoisotopic (exact) mass is 806 g/mol. The number of nitrogens with one attached hydrogen (secondary N) is 1. The highest BCUT2D eigenvalue weighted by atomic mass is 16.6. The van der Waals surface area contributed by atoms with Crippen LogP contribution >= 0.6 is 0 Å². The largest absolute Gasteiger partial charge is 0.496 e. The second kappa shape index (κ2) is 14.8. The van der Waals surface area contributed by atoms with E-state index < -0.39 is 40.0 Å². The fraction of sp³-hybridized carbons (Fsp3) is 0.583. The predicted octanol–water partition coefficient (Wildman–Crippen LogP) is 6.05. The average Bonchev–Trinajstić information content (AvgIpc) is 3.90. The van der Waals surface area contributed by atoms with Crippen LogP contribution in [0.5, 0.6) is 5.75 Å². The molecule has 1 aromatic heterocycles. The number of aromatic amines is 1. The standard InChI is InChI=1S/C48H62N4O7/c1-8-22-58-29-48(55)42-46(18-21-52-19-13-17-45(10-3,41(46)52)43(48)59-30(4)53)35-24-36(39(56-6)25-38(35)50(42)5)47(44(54)57-7)26-32-23-31(9-2)27-51(28-32)20-16-34-33-14-11-12-15-37(33)49-40(34)47/h11-15,17,23-25,32,41-43,49,55H,8-10,16,18-22,26-29H2,1-7H3/t32-,41-,42+,43+,45+,46+,47-,48?/m0/s1. The van der Waals surface area contributed by atoms with E-state index in [0.717, 1.165) is 97.4 Å². The summed E-state index contributed by atoms with van der Waals surface area (Å²) in [7, 11) is 5.24. The third-order valence-corrected chi connectivity index (χ3v) is 15.3. The first-order valence-electron chi connectivity index (χ1n) is 21.9. The molecule has 9 rings (SSSR count). The number of fused-ring (bicyclic) bond motifs is 6. The van der Waals surface area contributed by atoms with Gasteiger partial charge < -0.3 is 33.9 Å². The molecule has 59 heavy (non-hydrogen) atoms. The number of benzene rings is 2. The van der Waals surface area contributed by atoms with Gasteiger partial charge in [-0.25, -0.2) is 0 Å². The van der Waals surface area contributed by atoms with E-state index in [0.29, 0.717) is 25.2 Å². The van der Waals surface area contributed by atoms with Crippen LogP contribution in [0, 0.1) is 11.3 Å². The number of anilines is 1. The highest BCUT2D eigenvalue weighted by molar-refractivity contribution is 5.94. The van der Waals surface area contributed by atoms with E-state index in [-0.39, 0.29) is 24.5 Å². The zero-order valence-corrected chi connectivity index (χ0v) is 35.9. The summed E-state index contributed by atoms with van der Waals surface area (Å²) < 4.78 is 25.2. The second-order valence-electron chi connectivity index (χ2n) is 18.2. The van der Waals surface area contributed by atoms with Gasteiger partial charge in [0.25, 0.3) is 0 Å². The number of likely N-dealkylation sites (N-methyl/N-ethyl adjacent to an activating group) is 1. The number of nitrogens with zero attached hydrogens (tertiary/aromatic N) is 3. The van der Waals surface area contributed by atoms with Gasteiger partial charge in [0.05, 0.1) is 26.9 Å². The van der Waals surface area contributed by atoms with Crippen molar-refractivity contribution in [3.8, 4) is 5.75 Å². The van der Waals surface area contributed by atoms with Crippen LogP contribution in [0.4, 0.5) is 5.69 Å². The SMILES string of the molecule is CCCOCC1(O)[C@H](OC(C)=O)[C@]2(CC)C=CCN3CC[C@@]4(c5cc([C@@]6(C(=O)OC)C[C@@H]7C=C(CC)CN(CCc8c6[nH]c6ccccc86)C7)c(OC)cc5N(C)[C@@H]14)[C@@H]32. The lowest BCUT2D eigenvalue weighted by Crippen LogP contribution is -2.80. The lowest BCUT2D eigenvalue weighted by Gasteiger charge is -2.64. The molecule has 2 unspecified atom stereocenters. The van der Waals surface area contributed by atoms with Gasteiger partial charge in [-0.1, -0.05) is 62.8 Å². The molecule has 1 saturated heterocycles. The Balaban J connectivity index is 1.35. The number of esters is 2. The molecule has 1 aliphatic carbocycles. The molecule has 5 aliphatic heterocycles. The van der Waals surface area contributed by atoms with E-state index in [1.165, 1.54) is 19.6 Å². The van der Waals surface area contributed by atoms with Crippen molar-refractivity contribution in [3.05, 3.63) is 82.6 Å². The smallest absolute Gasteiger partial charge is 0.322 e. The molecule has 2 aromatic carbocycles. The van der Waals surface area contributed by atoms with Crippen molar-refractivity contribution in [1.82, 2.24) is 14.8 Å². The number of hydrogen-bond donors (Lipinski definition) is 2. The zero-order valence-electron chi connectivity index (χ0n) is 35.9. The molecule has 6 aliphatic rings. The summed E-state index contributed by atoms with van der Waals surface area (Å²) in [4.78, 5) is 39.6. The van der Waals surface area contributed by atoms with Gasteiger partial charge in [0, 0.05) is 97.5 Å². The van der Waals surface area contributed by atoms with Gasteiger partial charge in [-0.2, -0.15) is 0 Å². The van der Waals surface area contributed by atoms with E-state index >= 15 is 4.79 Å². The van der Waals surface area contributed by atoms with E-state index in [4.69, 9.17) is 18.9 Å². The highest BCUT2D eigenvalue weighted by Gasteiger charge is 2.78. The molecule has 1 spiro atoms. The first-order valence-corrected chi connectivity index (χ1v) is 21.9. The van der Waals surface area contributed by atoms with Crippen LogP contribution in [-0.4, -0.2) is 123 Å². The van der Waals surface area contributed by atoms with Crippen molar-refractivity contribution in [2.45, 2.75) is 101 Å². The normalized spacial score (nSPS) is 34.5. The van der Waals surface area contributed by atoms with E-state index in [1.807, 2.05) is 13.1 Å². The molecule has 2 N–H and O–H groups in total. The molecule has 2 bridgehead atoms. The molecule has 3 aromatic rings. The van der Waals surface area contributed by atoms with Crippen molar-refractivity contribution in [2.75, 3.05) is 72.1 Å². The van der Waals surface area contributed by atoms with Gasteiger partial charge in [0.15, 0.2) is 0 Å². The maximum absolute atomic E-state index is 15.3. The van der Waals surface area contributed by atoms with Gasteiger partial charge in [0.1, 0.15) is 22.9 Å². The number of ether oxygens (including phenoxy) is 4. The number of carbonyl (C=O) groups excluding carboxylic acids is 2. The van der Waals surface area contributed by atoms with Gasteiger partial charge in [-0.3, -0.25) is 19.4 Å². The summed E-state index contributed by atoms with van der Waals surface area (Å²) in [6, 6.07) is 12.1. The highest BCUT2D eigenvalue weighted by Crippen LogP contribution is 2.68. The Morgan fingerprint density at radius 3 is 2.59 bits per heavy atom. The van der Waals surface area contributed by atoms with Gasteiger partial charge >= 0.3 is 11.9 Å². The minimum absolute atomic E-state index is 0.00460. The van der Waals surface area contributed by atoms with Crippen LogP contribution in [0.2, 0.25) is 0 Å². The Morgan fingerprint density at radius 1 is 1.05 bits per heavy atom. The quantitative estimate of drug-likeness (QED) is 0.143. The summed E-state index contributed by atoms with van der Waals surface area (Å²) in [5.41, 5.74) is 2.93. The fourth-order valence-electron chi connectivity index (χ4n) is 13.4. The molecule has 0 amide bonds. The molecule has 6 heterocycles. The molecule has 0 radical (unpaired) electrons. The third kappa shape index (κ3) is 5.59. The number of hydrogen-bond acceptors (Lipinski definition) is 10. The Hall–Kier alpha value is -4.16. The van der Waals surface area contributed by atoms with Crippen molar-refractivity contribution in [1.29, 1.82) is 0 Å². The molecule has 11 heteroatoms. The van der Waals surface area contributed by atoms with E-state index in [2.05, 4.69) is 89.0 Å². The first-order chi connectivity index (χ1) is 28.5. The topological polar surface area (TPSA) is 117 Å². The van der Waals surface area contributed by atoms with Gasteiger partial charge in [-0.15, -0.1) is 0 Å². The molecule has 11 nitrogen and oxygen atoms in total. The number of rotatable bonds is 10. The lowest BCUT2D eigenvalue weighted by atomic mass is 9.47. The number of carbonyl (C=O) groups is 2. The Kier molecular flexibility index (Phi) is 10.1. The average molecular weight is 807 g/mol. The Labute approximate surface area is 348 Å². The minimum Gasteiger partial charge on any atom is -0.496 e. The maximum atomic E-state index is 15.3. The van der Waals surface area contributed by atoms with Crippen LogP contribution in [0.1, 0.15) is 82.2 Å². The van der Waals surface area contributed by atoms with Gasteiger partial charge in [0.2, 0.25) is 0 Å². The van der Waals surface area contributed by atoms with E-state index in [1.54, 1.807) is 7.11 Å². The minimum atomic E-state index is -1.60. The first kappa shape index (κ1) is 40.3. The molecular weight excluding hydrogens is 745 g/mol. The summed E-state index contributed by atoms with van der Waals surface area (Å²) in [5, 5.41) is 14.7. The van der Waals surface area contributed by atoms with Crippen LogP contribution in [0.25, 0.3) is 10.9 Å². The van der Waals surface area contributed by atoms with Crippen molar-refractivity contribution < 1.29 is 33.6 Å². The maximum Gasteiger partial charge on any atom is 0.322 e. The number of methoxy groups -OCH3 is 2. The van der Waals surface area contributed by atoms with Crippen molar-refractivity contribution in [3.63, 3.8) is 0 Å². The third-order valence-electron chi connectivity index (χ3n) is 15.3. The van der Waals surface area contributed by atoms with Crippen molar-refractivity contribution in [2.24, 2.45) is 11.3 Å². The molecular formula is C48H62N4O7. The van der Waals surface area contributed by atoms with Crippen LogP contribution in [-0.2, 0) is 41.1 Å². The number of aromatic nitrogens is 1. The van der Waals surface area contributed by atoms with Crippen LogP contribution < -0.4 is 9.64 Å². The summed E-state index contributed by atoms with van der Waals surface area (Å²) in [6.07, 6.45) is 10.4. The Bertz CT molecular complexity index is 2220. The Morgan fingerprint density at radius 2 is 1.86 bits per heavy atom. The molecule has 316 valence electrons. The number of H-pyrrole nitrogens is 1. The second-order valence-corrected chi connectivity index (χ2v) is 18.2. The van der Waals surface area contributed by atoms with Gasteiger partial charge in [-0.05, 0) is 74.2 Å². The number of aliphatic hydroxyl groups is 1. The number of para-hydroxylation sites is 1. The predicted molar refractivity (Wildman–Crippen MR) is 228 cm³/mol. The fourth-order valence-corrected chi connectivity index (χ4v) is 13.4. The molecule has 1 saturated carbocycles. The van der Waals surface area contributed by atoms with Crippen molar-refractivity contribution >= 4 is 28.5 Å². The molecule has 9 atom stereocenters. The van der Waals surface area contributed by atoms with Crippen LogP contribution in [0.15, 0.2) is 60.2 Å². The molecule has 2 fully saturated rings. The summed E-state index contributed by atoms with van der Waals surface area (Å²) >= 11 is 0. The van der Waals surface area contributed by atoms with Crippen LogP contribution in [0.3, 0.4) is 0 Å². The lowest BCUT2D eigenvalue weighted by molar-refractivity contribution is -0.233.